The fraction of sp³-hybridized carbons (Fsp3) is 0.667. The molecule has 0 unspecified atom stereocenters. The number of carbonyl (C=O) groups is 3. The van der Waals surface area contributed by atoms with Gasteiger partial charge in [0.2, 0.25) is 11.8 Å². The SMILES string of the molecule is CC1=CC[C@H]2C(=O)N([C@H](CC(C)C)C(=O)O)C(=O)[C@H]2C1. The van der Waals surface area contributed by atoms with Crippen LogP contribution in [0.25, 0.3) is 0 Å². The zero-order chi connectivity index (χ0) is 15.0. The standard InChI is InChI=1S/C15H21NO4/c1-8(2)6-12(15(19)20)16-13(17)10-5-4-9(3)7-11(10)14(16)18/h4,8,10-12H,5-7H2,1-3H3,(H,19,20)/t10-,11+,12-/m1/s1. The monoisotopic (exact) mass is 279 g/mol. The molecule has 2 aliphatic rings. The predicted molar refractivity (Wildman–Crippen MR) is 72.7 cm³/mol. The van der Waals surface area contributed by atoms with Crippen LogP contribution in [0.5, 0.6) is 0 Å². The first-order valence-electron chi connectivity index (χ1n) is 7.08. The molecule has 1 fully saturated rings. The quantitative estimate of drug-likeness (QED) is 0.629. The highest BCUT2D eigenvalue weighted by Gasteiger charge is 2.51. The Bertz CT molecular complexity index is 480. The normalized spacial score (nSPS) is 27.6. The van der Waals surface area contributed by atoms with Gasteiger partial charge in [0.15, 0.2) is 0 Å². The van der Waals surface area contributed by atoms with Crippen LogP contribution in [0.15, 0.2) is 11.6 Å². The number of hydrogen-bond acceptors (Lipinski definition) is 3. The fourth-order valence-electron chi connectivity index (χ4n) is 3.13. The molecule has 3 atom stereocenters. The molecule has 5 heteroatoms. The molecule has 0 aromatic carbocycles. The molecule has 2 rings (SSSR count). The molecule has 1 aliphatic carbocycles. The van der Waals surface area contributed by atoms with Gasteiger partial charge in [-0.3, -0.25) is 14.5 Å². The van der Waals surface area contributed by atoms with E-state index in [1.165, 1.54) is 0 Å². The summed E-state index contributed by atoms with van der Waals surface area (Å²) in [5, 5.41) is 9.34. The molecule has 1 heterocycles. The molecule has 1 aliphatic heterocycles. The van der Waals surface area contributed by atoms with Crippen LogP contribution in [0.4, 0.5) is 0 Å². The van der Waals surface area contributed by atoms with Crippen molar-refractivity contribution in [2.75, 3.05) is 0 Å². The lowest BCUT2D eigenvalue weighted by Gasteiger charge is -2.24. The minimum atomic E-state index is -1.09. The lowest BCUT2D eigenvalue weighted by atomic mass is 9.82. The Balaban J connectivity index is 2.27. The average Bonchev–Trinajstić information content (AvgIpc) is 2.58. The summed E-state index contributed by atoms with van der Waals surface area (Å²) in [4.78, 5) is 37.3. The molecule has 0 bridgehead atoms. The van der Waals surface area contributed by atoms with Crippen molar-refractivity contribution in [3.8, 4) is 0 Å². The van der Waals surface area contributed by atoms with E-state index in [-0.39, 0.29) is 29.6 Å². The molecule has 1 saturated heterocycles. The van der Waals surface area contributed by atoms with Crippen LogP contribution in [0.2, 0.25) is 0 Å². The van der Waals surface area contributed by atoms with Gasteiger partial charge in [-0.1, -0.05) is 25.5 Å². The molecule has 0 radical (unpaired) electrons. The van der Waals surface area contributed by atoms with Crippen LogP contribution in [0.3, 0.4) is 0 Å². The Morgan fingerprint density at radius 2 is 1.95 bits per heavy atom. The highest BCUT2D eigenvalue weighted by atomic mass is 16.4. The summed E-state index contributed by atoms with van der Waals surface area (Å²) in [5.41, 5.74) is 1.10. The van der Waals surface area contributed by atoms with Crippen molar-refractivity contribution >= 4 is 17.8 Å². The molecule has 0 spiro atoms. The van der Waals surface area contributed by atoms with Gasteiger partial charge in [-0.05, 0) is 32.1 Å². The molecule has 110 valence electrons. The predicted octanol–water partition coefficient (Wildman–Crippen LogP) is 1.83. The van der Waals surface area contributed by atoms with E-state index >= 15 is 0 Å². The van der Waals surface area contributed by atoms with Crippen LogP contribution in [0.1, 0.15) is 40.0 Å². The summed E-state index contributed by atoms with van der Waals surface area (Å²) in [7, 11) is 0. The smallest absolute Gasteiger partial charge is 0.326 e. The highest BCUT2D eigenvalue weighted by Crippen LogP contribution is 2.39. The van der Waals surface area contributed by atoms with Gasteiger partial charge in [0.25, 0.3) is 0 Å². The van der Waals surface area contributed by atoms with Crippen LogP contribution < -0.4 is 0 Å². The zero-order valence-electron chi connectivity index (χ0n) is 12.1. The summed E-state index contributed by atoms with van der Waals surface area (Å²) >= 11 is 0. The van der Waals surface area contributed by atoms with E-state index in [1.54, 1.807) is 0 Å². The van der Waals surface area contributed by atoms with Gasteiger partial charge in [0.05, 0.1) is 11.8 Å². The number of amides is 2. The summed E-state index contributed by atoms with van der Waals surface area (Å²) < 4.78 is 0. The highest BCUT2D eigenvalue weighted by molar-refractivity contribution is 6.08. The van der Waals surface area contributed by atoms with Crippen molar-refractivity contribution in [1.82, 2.24) is 4.90 Å². The van der Waals surface area contributed by atoms with Gasteiger partial charge in [-0.15, -0.1) is 0 Å². The fourth-order valence-corrected chi connectivity index (χ4v) is 3.13. The molecular formula is C15H21NO4. The second kappa shape index (κ2) is 5.38. The van der Waals surface area contributed by atoms with Crippen molar-refractivity contribution in [1.29, 1.82) is 0 Å². The second-order valence-corrected chi connectivity index (χ2v) is 6.23. The van der Waals surface area contributed by atoms with Crippen molar-refractivity contribution < 1.29 is 19.5 Å². The van der Waals surface area contributed by atoms with Crippen molar-refractivity contribution in [3.63, 3.8) is 0 Å². The number of aliphatic carboxylic acids is 1. The molecule has 5 nitrogen and oxygen atoms in total. The number of carbonyl (C=O) groups excluding carboxylic acids is 2. The Kier molecular flexibility index (Phi) is 3.97. The largest absolute Gasteiger partial charge is 0.480 e. The summed E-state index contributed by atoms with van der Waals surface area (Å²) in [6.07, 6.45) is 3.40. The minimum Gasteiger partial charge on any atom is -0.480 e. The number of carboxylic acids is 1. The van der Waals surface area contributed by atoms with E-state index in [4.69, 9.17) is 0 Å². The van der Waals surface area contributed by atoms with E-state index in [9.17, 15) is 19.5 Å². The Morgan fingerprint density at radius 3 is 2.50 bits per heavy atom. The first kappa shape index (κ1) is 14.8. The van der Waals surface area contributed by atoms with Crippen molar-refractivity contribution in [2.24, 2.45) is 17.8 Å². The number of imide groups is 1. The second-order valence-electron chi connectivity index (χ2n) is 6.23. The van der Waals surface area contributed by atoms with Gasteiger partial charge in [0, 0.05) is 0 Å². The number of likely N-dealkylation sites (tertiary alicyclic amines) is 1. The lowest BCUT2D eigenvalue weighted by molar-refractivity contribution is -0.155. The average molecular weight is 279 g/mol. The van der Waals surface area contributed by atoms with Crippen LogP contribution in [-0.4, -0.2) is 33.8 Å². The van der Waals surface area contributed by atoms with E-state index in [2.05, 4.69) is 0 Å². The molecule has 20 heavy (non-hydrogen) atoms. The third kappa shape index (κ3) is 2.49. The maximum atomic E-state index is 12.4. The molecule has 0 aromatic rings. The third-order valence-electron chi connectivity index (χ3n) is 4.15. The third-order valence-corrected chi connectivity index (χ3v) is 4.15. The van der Waals surface area contributed by atoms with E-state index in [1.807, 2.05) is 26.8 Å². The number of allylic oxidation sites excluding steroid dienone is 2. The Morgan fingerprint density at radius 1 is 1.35 bits per heavy atom. The lowest BCUT2D eigenvalue weighted by Crippen LogP contribution is -2.46. The van der Waals surface area contributed by atoms with Crippen LogP contribution in [0, 0.1) is 17.8 Å². The molecule has 0 saturated carbocycles. The van der Waals surface area contributed by atoms with Crippen LogP contribution >= 0.6 is 0 Å². The van der Waals surface area contributed by atoms with Crippen molar-refractivity contribution in [2.45, 2.75) is 46.1 Å². The Hall–Kier alpha value is -1.65. The first-order valence-corrected chi connectivity index (χ1v) is 7.08. The first-order chi connectivity index (χ1) is 9.32. The van der Waals surface area contributed by atoms with Gasteiger partial charge >= 0.3 is 5.97 Å². The maximum Gasteiger partial charge on any atom is 0.326 e. The van der Waals surface area contributed by atoms with Gasteiger partial charge in [-0.25, -0.2) is 4.79 Å². The minimum absolute atomic E-state index is 0.110. The summed E-state index contributed by atoms with van der Waals surface area (Å²) in [6, 6.07) is -1.03. The maximum absolute atomic E-state index is 12.4. The number of fused-ring (bicyclic) bond motifs is 1. The van der Waals surface area contributed by atoms with E-state index in [0.29, 0.717) is 19.3 Å². The number of nitrogens with zero attached hydrogens (tertiary/aromatic N) is 1. The van der Waals surface area contributed by atoms with Gasteiger partial charge in [0.1, 0.15) is 6.04 Å². The van der Waals surface area contributed by atoms with Gasteiger partial charge in [-0.2, -0.15) is 0 Å². The van der Waals surface area contributed by atoms with E-state index < -0.39 is 12.0 Å². The molecule has 2 amide bonds. The molecule has 0 aromatic heterocycles. The topological polar surface area (TPSA) is 74.7 Å². The van der Waals surface area contributed by atoms with E-state index in [0.717, 1.165) is 10.5 Å². The number of rotatable bonds is 4. The summed E-state index contributed by atoms with van der Waals surface area (Å²) in [6.45, 7) is 5.72. The van der Waals surface area contributed by atoms with Crippen LogP contribution in [-0.2, 0) is 14.4 Å². The zero-order valence-corrected chi connectivity index (χ0v) is 12.1. The molecular weight excluding hydrogens is 258 g/mol. The molecule has 1 N–H and O–H groups in total. The summed E-state index contributed by atoms with van der Waals surface area (Å²) in [5.74, 6) is -2.32. The number of carboxylic acid groups (broad SMARTS) is 1. The Labute approximate surface area is 118 Å². The van der Waals surface area contributed by atoms with Gasteiger partial charge < -0.3 is 5.11 Å². The number of hydrogen-bond donors (Lipinski definition) is 1. The van der Waals surface area contributed by atoms with Crippen molar-refractivity contribution in [3.05, 3.63) is 11.6 Å².